The summed E-state index contributed by atoms with van der Waals surface area (Å²) in [5, 5.41) is 8.09. The van der Waals surface area contributed by atoms with Gasteiger partial charge in [0.05, 0.1) is 0 Å². The summed E-state index contributed by atoms with van der Waals surface area (Å²) in [6.45, 7) is -2.54. The SMILES string of the molecule is OCCC(F)(C(F)(F)F)C(F)(F)C(F)(F)C(F)(F)C(F)(F)C(F)(C(F)(F)F)C(F)(F)F. The molecule has 0 rings (SSSR count). The molecule has 0 fully saturated rings. The lowest BCUT2D eigenvalue weighted by molar-refractivity contribution is -0.469. The number of halogens is 19. The quantitative estimate of drug-likeness (QED) is 0.413. The standard InChI is InChI=1S/C11H5F19O/c12-3(1-2-31,9(22,23)24)5(14,15)7(18,19)8(20,21)6(16,17)4(13,10(25,26)27)11(28,29)30/h31H,1-2H2. The van der Waals surface area contributed by atoms with E-state index in [0.717, 1.165) is 0 Å². The van der Waals surface area contributed by atoms with Gasteiger partial charge in [0.25, 0.3) is 5.67 Å². The maximum atomic E-state index is 13.6. The van der Waals surface area contributed by atoms with Gasteiger partial charge >= 0.3 is 47.9 Å². The molecule has 0 bridgehead atoms. The molecule has 1 nitrogen and oxygen atoms in total. The van der Waals surface area contributed by atoms with Crippen LogP contribution in [0.4, 0.5) is 83.4 Å². The number of alkyl halides is 19. The van der Waals surface area contributed by atoms with Crippen LogP contribution in [0.25, 0.3) is 0 Å². The fourth-order valence-corrected chi connectivity index (χ4v) is 2.01. The maximum Gasteiger partial charge on any atom is 0.438 e. The molecule has 0 heterocycles. The molecule has 0 aliphatic rings. The summed E-state index contributed by atoms with van der Waals surface area (Å²) < 4.78 is 245. The van der Waals surface area contributed by atoms with Crippen LogP contribution in [0.15, 0.2) is 0 Å². The molecule has 0 radical (unpaired) electrons. The second kappa shape index (κ2) is 7.32. The summed E-state index contributed by atoms with van der Waals surface area (Å²) in [5.41, 5.74) is -15.8. The van der Waals surface area contributed by atoms with E-state index < -0.39 is 66.6 Å². The van der Waals surface area contributed by atoms with Crippen molar-refractivity contribution in [1.29, 1.82) is 0 Å². The van der Waals surface area contributed by atoms with E-state index in [1.807, 2.05) is 0 Å². The summed E-state index contributed by atoms with van der Waals surface area (Å²) >= 11 is 0. The topological polar surface area (TPSA) is 20.2 Å². The van der Waals surface area contributed by atoms with Crippen molar-refractivity contribution >= 4 is 0 Å². The smallest absolute Gasteiger partial charge is 0.396 e. The minimum atomic E-state index is -8.98. The van der Waals surface area contributed by atoms with Crippen LogP contribution in [-0.4, -0.2) is 65.3 Å². The van der Waals surface area contributed by atoms with E-state index in [0.29, 0.717) is 0 Å². The minimum Gasteiger partial charge on any atom is -0.396 e. The Bertz CT molecular complexity index is 625. The highest BCUT2D eigenvalue weighted by molar-refractivity contribution is 5.19. The highest BCUT2D eigenvalue weighted by Crippen LogP contribution is 2.66. The Morgan fingerprint density at radius 3 is 0.903 bits per heavy atom. The van der Waals surface area contributed by atoms with Crippen LogP contribution in [0.5, 0.6) is 0 Å². The van der Waals surface area contributed by atoms with Gasteiger partial charge in [-0.1, -0.05) is 0 Å². The molecule has 0 aliphatic carbocycles. The third kappa shape index (κ3) is 3.65. The van der Waals surface area contributed by atoms with E-state index >= 15 is 0 Å². The van der Waals surface area contributed by atoms with Crippen molar-refractivity contribution in [2.75, 3.05) is 6.61 Å². The molecule has 1 atom stereocenters. The second-order valence-corrected chi connectivity index (χ2v) is 5.72. The van der Waals surface area contributed by atoms with Crippen LogP contribution in [0.1, 0.15) is 6.42 Å². The summed E-state index contributed by atoms with van der Waals surface area (Å²) in [4.78, 5) is 0. The Labute approximate surface area is 156 Å². The van der Waals surface area contributed by atoms with Gasteiger partial charge in [-0.05, 0) is 0 Å². The summed E-state index contributed by atoms with van der Waals surface area (Å²) in [6, 6.07) is 0. The van der Waals surface area contributed by atoms with Gasteiger partial charge in [0, 0.05) is 13.0 Å². The Kier molecular flexibility index (Phi) is 7.00. The maximum absolute atomic E-state index is 13.6. The van der Waals surface area contributed by atoms with Crippen molar-refractivity contribution in [1.82, 2.24) is 0 Å². The first-order chi connectivity index (χ1) is 13.1. The van der Waals surface area contributed by atoms with E-state index in [2.05, 4.69) is 0 Å². The van der Waals surface area contributed by atoms with E-state index in [4.69, 9.17) is 5.11 Å². The number of hydrogen-bond donors (Lipinski definition) is 1. The summed E-state index contributed by atoms with van der Waals surface area (Å²) in [7, 11) is 0. The van der Waals surface area contributed by atoms with Crippen molar-refractivity contribution in [3.63, 3.8) is 0 Å². The van der Waals surface area contributed by atoms with Gasteiger partial charge in [-0.25, -0.2) is 8.78 Å². The Hall–Kier alpha value is -1.37. The van der Waals surface area contributed by atoms with Gasteiger partial charge in [0.2, 0.25) is 0 Å². The predicted molar refractivity (Wildman–Crippen MR) is 57.3 cm³/mol. The molecule has 31 heavy (non-hydrogen) atoms. The second-order valence-electron chi connectivity index (χ2n) is 5.72. The monoisotopic (exact) mass is 514 g/mol. The fraction of sp³-hybridized carbons (Fsp3) is 1.00. The molecule has 0 aliphatic heterocycles. The lowest BCUT2D eigenvalue weighted by atomic mass is 9.80. The Morgan fingerprint density at radius 1 is 0.387 bits per heavy atom. The van der Waals surface area contributed by atoms with Gasteiger partial charge in [-0.15, -0.1) is 0 Å². The first-order valence-corrected chi connectivity index (χ1v) is 6.76. The zero-order valence-corrected chi connectivity index (χ0v) is 13.5. The summed E-state index contributed by atoms with van der Waals surface area (Å²) in [6.07, 6.45) is -27.3. The zero-order valence-electron chi connectivity index (χ0n) is 13.5. The van der Waals surface area contributed by atoms with Crippen molar-refractivity contribution < 1.29 is 88.5 Å². The molecule has 0 aromatic carbocycles. The molecule has 20 heteroatoms. The lowest BCUT2D eigenvalue weighted by Gasteiger charge is -2.45. The van der Waals surface area contributed by atoms with E-state index in [1.54, 1.807) is 0 Å². The van der Waals surface area contributed by atoms with E-state index in [1.165, 1.54) is 0 Å². The molecular weight excluding hydrogens is 509 g/mol. The van der Waals surface area contributed by atoms with Crippen LogP contribution in [0.2, 0.25) is 0 Å². The number of aliphatic hydroxyl groups excluding tert-OH is 1. The number of aliphatic hydroxyl groups is 1. The molecule has 1 N–H and O–H groups in total. The van der Waals surface area contributed by atoms with E-state index in [-0.39, 0.29) is 0 Å². The molecule has 1 unspecified atom stereocenters. The predicted octanol–water partition coefficient (Wildman–Crippen LogP) is 6.01. The summed E-state index contributed by atoms with van der Waals surface area (Å²) in [5.74, 6) is -35.0. The molecule has 0 aromatic heterocycles. The third-order valence-electron chi connectivity index (χ3n) is 3.80. The largest absolute Gasteiger partial charge is 0.438 e. The van der Waals surface area contributed by atoms with Crippen LogP contribution >= 0.6 is 0 Å². The number of rotatable bonds is 7. The van der Waals surface area contributed by atoms with E-state index in [9.17, 15) is 83.4 Å². The first kappa shape index (κ1) is 29.6. The Balaban J connectivity index is 7.17. The molecule has 0 amide bonds. The van der Waals surface area contributed by atoms with Crippen LogP contribution < -0.4 is 0 Å². The van der Waals surface area contributed by atoms with Gasteiger partial charge in [-0.2, -0.15) is 74.6 Å². The van der Waals surface area contributed by atoms with Gasteiger partial charge in [0.1, 0.15) is 0 Å². The minimum absolute atomic E-state index is 2.54. The van der Waals surface area contributed by atoms with Crippen molar-refractivity contribution in [2.45, 2.75) is 60.0 Å². The average Bonchev–Trinajstić information content (AvgIpc) is 2.49. The highest BCUT2D eigenvalue weighted by atomic mass is 19.4. The highest BCUT2D eigenvalue weighted by Gasteiger charge is 2.97. The lowest BCUT2D eigenvalue weighted by Crippen LogP contribution is -2.78. The molecule has 0 saturated heterocycles. The molecular formula is C11H5F19O. The molecule has 0 spiro atoms. The van der Waals surface area contributed by atoms with Crippen LogP contribution in [-0.2, 0) is 0 Å². The van der Waals surface area contributed by atoms with Gasteiger partial charge < -0.3 is 5.11 Å². The average molecular weight is 514 g/mol. The van der Waals surface area contributed by atoms with Crippen molar-refractivity contribution in [2.24, 2.45) is 0 Å². The first-order valence-electron chi connectivity index (χ1n) is 6.76. The molecule has 188 valence electrons. The van der Waals surface area contributed by atoms with Crippen molar-refractivity contribution in [3.05, 3.63) is 0 Å². The molecule has 0 saturated carbocycles. The Morgan fingerprint density at radius 2 is 0.677 bits per heavy atom. The van der Waals surface area contributed by atoms with Gasteiger partial charge in [-0.3, -0.25) is 0 Å². The van der Waals surface area contributed by atoms with Crippen molar-refractivity contribution in [3.8, 4) is 0 Å². The molecule has 0 aromatic rings. The van der Waals surface area contributed by atoms with Crippen LogP contribution in [0, 0.1) is 0 Å². The van der Waals surface area contributed by atoms with Gasteiger partial charge in [0.15, 0.2) is 0 Å². The zero-order chi connectivity index (χ0) is 25.9. The third-order valence-corrected chi connectivity index (χ3v) is 3.80. The van der Waals surface area contributed by atoms with Crippen LogP contribution in [0.3, 0.4) is 0 Å². The fourth-order valence-electron chi connectivity index (χ4n) is 2.01. The normalized spacial score (nSPS) is 18.2. The number of hydrogen-bond acceptors (Lipinski definition) is 1.